The highest BCUT2D eigenvalue weighted by molar-refractivity contribution is 5.93. The first kappa shape index (κ1) is 15.7. The Morgan fingerprint density at radius 1 is 1.24 bits per heavy atom. The van der Waals surface area contributed by atoms with E-state index in [-0.39, 0.29) is 11.8 Å². The molecule has 4 rings (SSSR count). The quantitative estimate of drug-likeness (QED) is 0.735. The summed E-state index contributed by atoms with van der Waals surface area (Å²) in [4.78, 5) is 18.7. The molecule has 1 atom stereocenters. The molecule has 0 bridgehead atoms. The van der Waals surface area contributed by atoms with Gasteiger partial charge >= 0.3 is 0 Å². The van der Waals surface area contributed by atoms with Gasteiger partial charge in [0.05, 0.1) is 6.20 Å². The molecule has 1 aliphatic rings. The van der Waals surface area contributed by atoms with E-state index in [4.69, 9.17) is 0 Å². The molecule has 1 fully saturated rings. The summed E-state index contributed by atoms with van der Waals surface area (Å²) >= 11 is 0. The van der Waals surface area contributed by atoms with E-state index < -0.39 is 11.6 Å². The highest BCUT2D eigenvalue weighted by Crippen LogP contribution is 2.23. The van der Waals surface area contributed by atoms with Crippen LogP contribution in [0.1, 0.15) is 22.5 Å². The standard InChI is InChI=1S/C18H16F2N4O/c19-14-7-13(8-15(20)9-14)6-12-3-5-23(11-12)18(25)16-10-21-17-2-1-4-22-24(16)17/h1-2,4,7-10,12H,3,5-6,11H2. The Labute approximate surface area is 142 Å². The van der Waals surface area contributed by atoms with Gasteiger partial charge in [-0.3, -0.25) is 4.79 Å². The number of nitrogens with zero attached hydrogens (tertiary/aromatic N) is 4. The molecule has 25 heavy (non-hydrogen) atoms. The van der Waals surface area contributed by atoms with Crippen LogP contribution in [0.2, 0.25) is 0 Å². The Balaban J connectivity index is 1.47. The van der Waals surface area contributed by atoms with Gasteiger partial charge in [0, 0.05) is 25.4 Å². The molecule has 128 valence electrons. The molecule has 3 heterocycles. The van der Waals surface area contributed by atoms with Gasteiger partial charge < -0.3 is 4.90 Å². The molecule has 1 aromatic carbocycles. The maximum absolute atomic E-state index is 13.3. The second-order valence-electron chi connectivity index (χ2n) is 6.32. The van der Waals surface area contributed by atoms with Gasteiger partial charge in [0.15, 0.2) is 11.3 Å². The van der Waals surface area contributed by atoms with Crippen molar-refractivity contribution in [3.8, 4) is 0 Å². The largest absolute Gasteiger partial charge is 0.337 e. The minimum absolute atomic E-state index is 0.126. The maximum Gasteiger partial charge on any atom is 0.274 e. The zero-order valence-electron chi connectivity index (χ0n) is 13.4. The van der Waals surface area contributed by atoms with E-state index in [1.807, 2.05) is 0 Å². The smallest absolute Gasteiger partial charge is 0.274 e. The normalized spacial score (nSPS) is 17.4. The van der Waals surface area contributed by atoms with Crippen molar-refractivity contribution >= 4 is 11.6 Å². The van der Waals surface area contributed by atoms with Crippen LogP contribution >= 0.6 is 0 Å². The molecular formula is C18H16F2N4O. The number of benzene rings is 1. The van der Waals surface area contributed by atoms with E-state index in [0.29, 0.717) is 36.4 Å². The maximum atomic E-state index is 13.3. The van der Waals surface area contributed by atoms with Crippen LogP contribution in [0.15, 0.2) is 42.7 Å². The summed E-state index contributed by atoms with van der Waals surface area (Å²) in [5, 5.41) is 4.16. The van der Waals surface area contributed by atoms with Crippen LogP contribution in [0.3, 0.4) is 0 Å². The molecule has 5 nitrogen and oxygen atoms in total. The molecule has 0 saturated carbocycles. The number of imidazole rings is 1. The van der Waals surface area contributed by atoms with Gasteiger partial charge in [0.25, 0.3) is 5.91 Å². The lowest BCUT2D eigenvalue weighted by Gasteiger charge is -2.16. The van der Waals surface area contributed by atoms with Crippen molar-refractivity contribution in [2.75, 3.05) is 13.1 Å². The van der Waals surface area contributed by atoms with Crippen molar-refractivity contribution in [2.24, 2.45) is 5.92 Å². The van der Waals surface area contributed by atoms with Gasteiger partial charge in [0.2, 0.25) is 0 Å². The van der Waals surface area contributed by atoms with Crippen LogP contribution in [0.4, 0.5) is 8.78 Å². The summed E-state index contributed by atoms with van der Waals surface area (Å²) in [6.45, 7) is 1.17. The first-order chi connectivity index (χ1) is 12.1. The Morgan fingerprint density at radius 3 is 2.84 bits per heavy atom. The molecule has 2 aromatic heterocycles. The lowest BCUT2D eigenvalue weighted by atomic mass is 9.98. The Hall–Kier alpha value is -2.83. The number of hydrogen-bond acceptors (Lipinski definition) is 3. The van der Waals surface area contributed by atoms with Crippen LogP contribution in [0, 0.1) is 17.6 Å². The summed E-state index contributed by atoms with van der Waals surface area (Å²) in [6, 6.07) is 7.12. The molecule has 0 radical (unpaired) electrons. The zero-order valence-corrected chi connectivity index (χ0v) is 13.4. The first-order valence-electron chi connectivity index (χ1n) is 8.13. The number of hydrogen-bond donors (Lipinski definition) is 0. The monoisotopic (exact) mass is 342 g/mol. The predicted molar refractivity (Wildman–Crippen MR) is 87.1 cm³/mol. The minimum Gasteiger partial charge on any atom is -0.337 e. The number of fused-ring (bicyclic) bond motifs is 1. The third-order valence-electron chi connectivity index (χ3n) is 4.52. The number of halogens is 2. The number of aromatic nitrogens is 3. The van der Waals surface area contributed by atoms with Gasteiger partial charge in [0.1, 0.15) is 11.6 Å². The summed E-state index contributed by atoms with van der Waals surface area (Å²) in [6.07, 6.45) is 4.48. The molecule has 3 aromatic rings. The summed E-state index contributed by atoms with van der Waals surface area (Å²) < 4.78 is 28.2. The third-order valence-corrected chi connectivity index (χ3v) is 4.52. The van der Waals surface area contributed by atoms with Crippen molar-refractivity contribution in [1.82, 2.24) is 19.5 Å². The topological polar surface area (TPSA) is 50.5 Å². The molecule has 7 heteroatoms. The van der Waals surface area contributed by atoms with E-state index in [2.05, 4.69) is 10.1 Å². The lowest BCUT2D eigenvalue weighted by Crippen LogP contribution is -2.30. The average Bonchev–Trinajstić information content (AvgIpc) is 3.20. The first-order valence-corrected chi connectivity index (χ1v) is 8.13. The van der Waals surface area contributed by atoms with Crippen molar-refractivity contribution in [3.05, 3.63) is 65.6 Å². The van der Waals surface area contributed by atoms with Crippen molar-refractivity contribution < 1.29 is 13.6 Å². The molecule has 1 saturated heterocycles. The van der Waals surface area contributed by atoms with E-state index in [1.165, 1.54) is 22.8 Å². The number of likely N-dealkylation sites (tertiary alicyclic amines) is 1. The van der Waals surface area contributed by atoms with Crippen molar-refractivity contribution in [2.45, 2.75) is 12.8 Å². The molecular weight excluding hydrogens is 326 g/mol. The summed E-state index contributed by atoms with van der Waals surface area (Å²) in [5.74, 6) is -1.09. The number of amides is 1. The number of rotatable bonds is 3. The van der Waals surface area contributed by atoms with Crippen molar-refractivity contribution in [1.29, 1.82) is 0 Å². The fourth-order valence-electron chi connectivity index (χ4n) is 3.38. The molecule has 1 unspecified atom stereocenters. The van der Waals surface area contributed by atoms with Gasteiger partial charge in [-0.25, -0.2) is 18.3 Å². The highest BCUT2D eigenvalue weighted by atomic mass is 19.1. The van der Waals surface area contributed by atoms with Crippen LogP contribution in [0.5, 0.6) is 0 Å². The molecule has 0 aliphatic carbocycles. The summed E-state index contributed by atoms with van der Waals surface area (Å²) in [5.41, 5.74) is 1.66. The van der Waals surface area contributed by atoms with Gasteiger partial charge in [-0.2, -0.15) is 5.10 Å². The van der Waals surface area contributed by atoms with E-state index >= 15 is 0 Å². The van der Waals surface area contributed by atoms with E-state index in [9.17, 15) is 13.6 Å². The van der Waals surface area contributed by atoms with Gasteiger partial charge in [-0.1, -0.05) is 0 Å². The molecule has 0 spiro atoms. The highest BCUT2D eigenvalue weighted by Gasteiger charge is 2.29. The van der Waals surface area contributed by atoms with Crippen LogP contribution in [-0.4, -0.2) is 38.5 Å². The third kappa shape index (κ3) is 3.09. The Kier molecular flexibility index (Phi) is 3.91. The number of carbonyl (C=O) groups is 1. The van der Waals surface area contributed by atoms with Crippen molar-refractivity contribution in [3.63, 3.8) is 0 Å². The molecule has 0 N–H and O–H groups in total. The fraction of sp³-hybridized carbons (Fsp3) is 0.278. The fourth-order valence-corrected chi connectivity index (χ4v) is 3.38. The number of carbonyl (C=O) groups excluding carboxylic acids is 1. The van der Waals surface area contributed by atoms with E-state index in [1.54, 1.807) is 23.2 Å². The summed E-state index contributed by atoms with van der Waals surface area (Å²) in [7, 11) is 0. The van der Waals surface area contributed by atoms with Gasteiger partial charge in [-0.05, 0) is 48.6 Å². The van der Waals surface area contributed by atoms with Crippen LogP contribution < -0.4 is 0 Å². The second kappa shape index (κ2) is 6.23. The SMILES string of the molecule is O=C(c1cnc2cccnn12)N1CCC(Cc2cc(F)cc(F)c2)C1. The molecule has 1 aliphatic heterocycles. The Morgan fingerprint density at radius 2 is 2.04 bits per heavy atom. The van der Waals surface area contributed by atoms with Crippen LogP contribution in [0.25, 0.3) is 5.65 Å². The Bertz CT molecular complexity index is 919. The average molecular weight is 342 g/mol. The minimum atomic E-state index is -0.572. The zero-order chi connectivity index (χ0) is 17.4. The van der Waals surface area contributed by atoms with E-state index in [0.717, 1.165) is 12.5 Å². The second-order valence-corrected chi connectivity index (χ2v) is 6.32. The predicted octanol–water partition coefficient (Wildman–Crippen LogP) is 2.71. The molecule has 1 amide bonds. The van der Waals surface area contributed by atoms with Gasteiger partial charge in [-0.15, -0.1) is 0 Å². The lowest BCUT2D eigenvalue weighted by molar-refractivity contribution is 0.0779. The van der Waals surface area contributed by atoms with Crippen LogP contribution in [-0.2, 0) is 6.42 Å².